The van der Waals surface area contributed by atoms with Gasteiger partial charge < -0.3 is 15.7 Å². The molecule has 2 amide bonds. The lowest BCUT2D eigenvalue weighted by Gasteiger charge is -2.24. The minimum atomic E-state index is -0.920. The fourth-order valence-electron chi connectivity index (χ4n) is 2.18. The molecule has 134 valence electrons. The zero-order chi connectivity index (χ0) is 18.3. The smallest absolute Gasteiger partial charge is 0.251 e. The monoisotopic (exact) mass is 334 g/mol. The van der Waals surface area contributed by atoms with Crippen LogP contribution in [-0.2, 0) is 0 Å². The summed E-state index contributed by atoms with van der Waals surface area (Å²) in [6.07, 6.45) is 1.54. The van der Waals surface area contributed by atoms with Crippen molar-refractivity contribution in [1.29, 1.82) is 0 Å². The fraction of sp³-hybridized carbons (Fsp3) is 0.579. The topological polar surface area (TPSA) is 78.4 Å². The van der Waals surface area contributed by atoms with E-state index >= 15 is 0 Å². The highest BCUT2D eigenvalue weighted by atomic mass is 16.3. The number of carbonyl (C=O) groups is 2. The molecule has 1 unspecified atom stereocenters. The summed E-state index contributed by atoms with van der Waals surface area (Å²) in [7, 11) is 0. The van der Waals surface area contributed by atoms with Crippen molar-refractivity contribution < 1.29 is 14.7 Å². The highest BCUT2D eigenvalue weighted by Crippen LogP contribution is 2.15. The maximum atomic E-state index is 12.2. The molecule has 24 heavy (non-hydrogen) atoms. The van der Waals surface area contributed by atoms with Gasteiger partial charge in [0.1, 0.15) is 0 Å². The van der Waals surface area contributed by atoms with E-state index in [1.165, 1.54) is 0 Å². The fourth-order valence-corrected chi connectivity index (χ4v) is 2.18. The van der Waals surface area contributed by atoms with Gasteiger partial charge in [-0.3, -0.25) is 9.59 Å². The van der Waals surface area contributed by atoms with Gasteiger partial charge in [0.05, 0.1) is 5.60 Å². The number of aliphatic hydroxyl groups is 1. The van der Waals surface area contributed by atoms with Crippen LogP contribution in [0.1, 0.15) is 68.2 Å². The van der Waals surface area contributed by atoms with Gasteiger partial charge in [0, 0.05) is 23.7 Å². The first kappa shape index (κ1) is 20.2. The largest absolute Gasteiger partial charge is 0.388 e. The van der Waals surface area contributed by atoms with Crippen molar-refractivity contribution in [2.45, 2.75) is 59.1 Å². The van der Waals surface area contributed by atoms with Crippen LogP contribution < -0.4 is 10.6 Å². The molecule has 0 fully saturated rings. The molecule has 5 nitrogen and oxygen atoms in total. The molecular weight excluding hydrogens is 304 g/mol. The van der Waals surface area contributed by atoms with Crippen molar-refractivity contribution >= 4 is 11.8 Å². The summed E-state index contributed by atoms with van der Waals surface area (Å²) in [6.45, 7) is 9.93. The number of rotatable bonds is 8. The Labute approximate surface area is 144 Å². The summed E-state index contributed by atoms with van der Waals surface area (Å²) in [6, 6.07) is 6.56. The zero-order valence-corrected chi connectivity index (χ0v) is 15.3. The Hall–Kier alpha value is -1.88. The third kappa shape index (κ3) is 7.13. The maximum Gasteiger partial charge on any atom is 0.251 e. The Morgan fingerprint density at radius 2 is 1.54 bits per heavy atom. The second-order valence-electron chi connectivity index (χ2n) is 7.32. The average molecular weight is 334 g/mol. The number of carbonyl (C=O) groups excluding carboxylic acids is 2. The van der Waals surface area contributed by atoms with Crippen molar-refractivity contribution in [3.05, 3.63) is 35.4 Å². The molecule has 0 bridgehead atoms. The van der Waals surface area contributed by atoms with Crippen molar-refractivity contribution in [3.63, 3.8) is 0 Å². The first-order valence-electron chi connectivity index (χ1n) is 8.52. The molecule has 0 heterocycles. The van der Waals surface area contributed by atoms with Crippen LogP contribution in [0.2, 0.25) is 0 Å². The minimum Gasteiger partial charge on any atom is -0.388 e. The summed E-state index contributed by atoms with van der Waals surface area (Å²) >= 11 is 0. The lowest BCUT2D eigenvalue weighted by atomic mass is 9.95. The van der Waals surface area contributed by atoms with Crippen LogP contribution in [-0.4, -0.2) is 35.1 Å². The SMILES string of the molecule is CC(C)CCC(C)(O)CNC(=O)c1ccc(C(=O)NC(C)C)cc1. The van der Waals surface area contributed by atoms with Gasteiger partial charge >= 0.3 is 0 Å². The highest BCUT2D eigenvalue weighted by molar-refractivity contribution is 5.97. The summed E-state index contributed by atoms with van der Waals surface area (Å²) in [5, 5.41) is 15.8. The summed E-state index contributed by atoms with van der Waals surface area (Å²) in [5.41, 5.74) is 0.0664. The van der Waals surface area contributed by atoms with Gasteiger partial charge in [-0.05, 0) is 63.8 Å². The van der Waals surface area contributed by atoms with Crippen molar-refractivity contribution in [2.24, 2.45) is 5.92 Å². The molecule has 0 aliphatic heterocycles. The van der Waals surface area contributed by atoms with Gasteiger partial charge in [0.15, 0.2) is 0 Å². The number of benzene rings is 1. The average Bonchev–Trinajstić information content (AvgIpc) is 2.50. The molecule has 1 aromatic rings. The van der Waals surface area contributed by atoms with Crippen LogP contribution in [0.15, 0.2) is 24.3 Å². The second-order valence-corrected chi connectivity index (χ2v) is 7.32. The molecule has 1 aromatic carbocycles. The number of amides is 2. The molecule has 0 aliphatic carbocycles. The van der Waals surface area contributed by atoms with Crippen LogP contribution in [0.25, 0.3) is 0 Å². The predicted octanol–water partition coefficient (Wildman–Crippen LogP) is 2.74. The third-order valence-electron chi connectivity index (χ3n) is 3.72. The summed E-state index contributed by atoms with van der Waals surface area (Å²) in [4.78, 5) is 24.0. The predicted molar refractivity (Wildman–Crippen MR) is 96.1 cm³/mol. The van der Waals surface area contributed by atoms with Crippen molar-refractivity contribution in [1.82, 2.24) is 10.6 Å². The Morgan fingerprint density at radius 3 is 2.00 bits per heavy atom. The molecule has 1 rings (SSSR count). The Bertz CT molecular complexity index is 548. The number of nitrogens with one attached hydrogen (secondary N) is 2. The van der Waals surface area contributed by atoms with Gasteiger partial charge in [0.25, 0.3) is 11.8 Å². The van der Waals surface area contributed by atoms with Gasteiger partial charge in [0.2, 0.25) is 0 Å². The Kier molecular flexibility index (Phi) is 7.42. The molecule has 1 atom stereocenters. The molecule has 0 spiro atoms. The van der Waals surface area contributed by atoms with Gasteiger partial charge in [-0.1, -0.05) is 13.8 Å². The van der Waals surface area contributed by atoms with E-state index in [1.54, 1.807) is 31.2 Å². The molecule has 3 N–H and O–H groups in total. The van der Waals surface area contributed by atoms with E-state index in [0.717, 1.165) is 6.42 Å². The molecule has 5 heteroatoms. The summed E-state index contributed by atoms with van der Waals surface area (Å²) in [5.74, 6) is 0.0981. The molecular formula is C19H30N2O3. The molecule has 0 saturated heterocycles. The van der Waals surface area contributed by atoms with Crippen LogP contribution in [0.3, 0.4) is 0 Å². The van der Waals surface area contributed by atoms with E-state index in [4.69, 9.17) is 0 Å². The second kappa shape index (κ2) is 8.83. The lowest BCUT2D eigenvalue weighted by Crippen LogP contribution is -2.40. The van der Waals surface area contributed by atoms with Crippen molar-refractivity contribution in [2.75, 3.05) is 6.54 Å². The van der Waals surface area contributed by atoms with Crippen molar-refractivity contribution in [3.8, 4) is 0 Å². The number of hydrogen-bond acceptors (Lipinski definition) is 3. The third-order valence-corrected chi connectivity index (χ3v) is 3.72. The molecule has 0 aromatic heterocycles. The standard InChI is InChI=1S/C19H30N2O3/c1-13(2)10-11-19(5,24)12-20-17(22)15-6-8-16(9-7-15)18(23)21-14(3)4/h6-9,13-14,24H,10-12H2,1-5H3,(H,20,22)(H,21,23). The van der Waals surface area contributed by atoms with Gasteiger partial charge in [-0.15, -0.1) is 0 Å². The van der Waals surface area contributed by atoms with Gasteiger partial charge in [-0.2, -0.15) is 0 Å². The van der Waals surface area contributed by atoms with E-state index < -0.39 is 5.60 Å². The van der Waals surface area contributed by atoms with E-state index in [1.807, 2.05) is 13.8 Å². The first-order chi connectivity index (χ1) is 11.1. The molecule has 0 aliphatic rings. The zero-order valence-electron chi connectivity index (χ0n) is 15.3. The van der Waals surface area contributed by atoms with E-state index in [-0.39, 0.29) is 24.4 Å². The van der Waals surface area contributed by atoms with E-state index in [2.05, 4.69) is 24.5 Å². The minimum absolute atomic E-state index is 0.0635. The van der Waals surface area contributed by atoms with E-state index in [0.29, 0.717) is 23.5 Å². The van der Waals surface area contributed by atoms with E-state index in [9.17, 15) is 14.7 Å². The molecule has 0 radical (unpaired) electrons. The number of hydrogen-bond donors (Lipinski definition) is 3. The summed E-state index contributed by atoms with van der Waals surface area (Å²) < 4.78 is 0. The first-order valence-corrected chi connectivity index (χ1v) is 8.52. The Morgan fingerprint density at radius 1 is 1.04 bits per heavy atom. The molecule has 0 saturated carbocycles. The van der Waals surface area contributed by atoms with Crippen LogP contribution in [0.4, 0.5) is 0 Å². The highest BCUT2D eigenvalue weighted by Gasteiger charge is 2.21. The Balaban J connectivity index is 2.58. The normalized spacial score (nSPS) is 13.7. The lowest BCUT2D eigenvalue weighted by molar-refractivity contribution is 0.0429. The van der Waals surface area contributed by atoms with Gasteiger partial charge in [-0.25, -0.2) is 0 Å². The quantitative estimate of drug-likeness (QED) is 0.684. The van der Waals surface area contributed by atoms with Crippen LogP contribution in [0.5, 0.6) is 0 Å². The van der Waals surface area contributed by atoms with Crippen LogP contribution in [0, 0.1) is 5.92 Å². The maximum absolute atomic E-state index is 12.2. The van der Waals surface area contributed by atoms with Crippen LogP contribution >= 0.6 is 0 Å².